The van der Waals surface area contributed by atoms with Crippen LogP contribution in [0.1, 0.15) is 12.5 Å². The van der Waals surface area contributed by atoms with Gasteiger partial charge >= 0.3 is 7.12 Å². The first-order valence-corrected chi connectivity index (χ1v) is 5.95. The minimum absolute atomic E-state index is 0.0919. The second kappa shape index (κ2) is 7.48. The highest BCUT2D eigenvalue weighted by Gasteiger charge is 2.17. The maximum Gasteiger partial charge on any atom is 0.491 e. The van der Waals surface area contributed by atoms with Crippen LogP contribution in [0.2, 0.25) is 0 Å². The van der Waals surface area contributed by atoms with Crippen molar-refractivity contribution in [1.29, 1.82) is 0 Å². The molecule has 100 valence electrons. The highest BCUT2D eigenvalue weighted by atomic mass is 19.1. The zero-order valence-electron chi connectivity index (χ0n) is 10.8. The van der Waals surface area contributed by atoms with Gasteiger partial charge in [-0.1, -0.05) is 12.1 Å². The third-order valence-electron chi connectivity index (χ3n) is 2.61. The SMILES string of the molecule is CCOCCN(C)Cc1ccc(F)c(B(O)O)c1. The van der Waals surface area contributed by atoms with Crippen LogP contribution in [0.4, 0.5) is 4.39 Å². The van der Waals surface area contributed by atoms with Crippen LogP contribution < -0.4 is 5.46 Å². The molecule has 0 saturated carbocycles. The van der Waals surface area contributed by atoms with E-state index in [1.165, 1.54) is 12.1 Å². The normalized spacial score (nSPS) is 11.0. The highest BCUT2D eigenvalue weighted by molar-refractivity contribution is 6.58. The van der Waals surface area contributed by atoms with Gasteiger partial charge in [-0.25, -0.2) is 4.39 Å². The van der Waals surface area contributed by atoms with Gasteiger partial charge in [-0.3, -0.25) is 4.90 Å². The van der Waals surface area contributed by atoms with E-state index in [1.807, 2.05) is 18.9 Å². The smallest absolute Gasteiger partial charge is 0.423 e. The van der Waals surface area contributed by atoms with Gasteiger partial charge in [-0.05, 0) is 25.6 Å². The minimum Gasteiger partial charge on any atom is -0.423 e. The molecule has 1 aromatic rings. The van der Waals surface area contributed by atoms with Crippen molar-refractivity contribution in [2.75, 3.05) is 26.8 Å². The van der Waals surface area contributed by atoms with Gasteiger partial charge in [0, 0.05) is 25.2 Å². The predicted octanol–water partition coefficient (Wildman–Crippen LogP) is -0.0262. The fourth-order valence-electron chi connectivity index (χ4n) is 1.64. The fourth-order valence-corrected chi connectivity index (χ4v) is 1.64. The van der Waals surface area contributed by atoms with E-state index in [0.717, 1.165) is 12.1 Å². The Balaban J connectivity index is 2.59. The Bertz CT molecular complexity index is 376. The summed E-state index contributed by atoms with van der Waals surface area (Å²) in [7, 11) is 0.149. The zero-order valence-corrected chi connectivity index (χ0v) is 10.8. The van der Waals surface area contributed by atoms with Crippen molar-refractivity contribution >= 4 is 12.6 Å². The Morgan fingerprint density at radius 3 is 2.72 bits per heavy atom. The molecular formula is C12H19BFNO3. The van der Waals surface area contributed by atoms with Gasteiger partial charge < -0.3 is 14.8 Å². The van der Waals surface area contributed by atoms with E-state index in [1.54, 1.807) is 6.07 Å². The summed E-state index contributed by atoms with van der Waals surface area (Å²) < 4.78 is 18.5. The Morgan fingerprint density at radius 1 is 1.39 bits per heavy atom. The van der Waals surface area contributed by atoms with Crippen molar-refractivity contribution in [2.24, 2.45) is 0 Å². The molecule has 4 nitrogen and oxygen atoms in total. The van der Waals surface area contributed by atoms with Gasteiger partial charge in [-0.15, -0.1) is 0 Å². The van der Waals surface area contributed by atoms with Gasteiger partial charge in [0.1, 0.15) is 5.82 Å². The number of nitrogens with zero attached hydrogens (tertiary/aromatic N) is 1. The monoisotopic (exact) mass is 255 g/mol. The average molecular weight is 255 g/mol. The van der Waals surface area contributed by atoms with E-state index in [9.17, 15) is 4.39 Å². The topological polar surface area (TPSA) is 52.9 Å². The Hall–Kier alpha value is -0.945. The van der Waals surface area contributed by atoms with Gasteiger partial charge in [0.05, 0.1) is 6.61 Å². The predicted molar refractivity (Wildman–Crippen MR) is 69.1 cm³/mol. The molecule has 0 saturated heterocycles. The summed E-state index contributed by atoms with van der Waals surface area (Å²) in [5, 5.41) is 18.0. The summed E-state index contributed by atoms with van der Waals surface area (Å²) in [6.07, 6.45) is 0. The summed E-state index contributed by atoms with van der Waals surface area (Å²) >= 11 is 0. The molecule has 0 atom stereocenters. The summed E-state index contributed by atoms with van der Waals surface area (Å²) in [6, 6.07) is 4.36. The lowest BCUT2D eigenvalue weighted by Crippen LogP contribution is -2.33. The largest absolute Gasteiger partial charge is 0.491 e. The van der Waals surface area contributed by atoms with Crippen molar-refractivity contribution in [3.8, 4) is 0 Å². The Morgan fingerprint density at radius 2 is 2.11 bits per heavy atom. The van der Waals surface area contributed by atoms with E-state index in [4.69, 9.17) is 14.8 Å². The maximum atomic E-state index is 13.3. The highest BCUT2D eigenvalue weighted by Crippen LogP contribution is 2.04. The van der Waals surface area contributed by atoms with Crippen LogP contribution >= 0.6 is 0 Å². The second-order valence-electron chi connectivity index (χ2n) is 4.16. The minimum atomic E-state index is -1.78. The number of benzene rings is 1. The standard InChI is InChI=1S/C12H19BFNO3/c1-3-18-7-6-15(2)9-10-4-5-12(14)11(8-10)13(16)17/h4-5,8,16-17H,3,6-7,9H2,1-2H3. The summed E-state index contributed by atoms with van der Waals surface area (Å²) in [4.78, 5) is 2.02. The van der Waals surface area contributed by atoms with Crippen LogP contribution in [-0.4, -0.2) is 48.9 Å². The molecule has 0 aliphatic heterocycles. The molecule has 0 spiro atoms. The molecule has 18 heavy (non-hydrogen) atoms. The van der Waals surface area contributed by atoms with Gasteiger partial charge in [-0.2, -0.15) is 0 Å². The molecule has 6 heteroatoms. The van der Waals surface area contributed by atoms with E-state index < -0.39 is 12.9 Å². The number of halogens is 1. The first kappa shape index (κ1) is 15.1. The summed E-state index contributed by atoms with van der Waals surface area (Å²) in [5.74, 6) is -0.606. The van der Waals surface area contributed by atoms with Crippen LogP contribution in [0.15, 0.2) is 18.2 Å². The van der Waals surface area contributed by atoms with Crippen LogP contribution in [0.3, 0.4) is 0 Å². The lowest BCUT2D eigenvalue weighted by atomic mass is 9.79. The molecule has 0 aliphatic rings. The first-order chi connectivity index (χ1) is 8.54. The molecule has 0 fully saturated rings. The van der Waals surface area contributed by atoms with Gasteiger partial charge in [0.25, 0.3) is 0 Å². The Labute approximate surface area is 107 Å². The molecule has 1 rings (SSSR count). The van der Waals surface area contributed by atoms with Gasteiger partial charge in [0.2, 0.25) is 0 Å². The van der Waals surface area contributed by atoms with Crippen LogP contribution in [0, 0.1) is 5.82 Å². The van der Waals surface area contributed by atoms with Crippen molar-refractivity contribution in [2.45, 2.75) is 13.5 Å². The number of hydrogen-bond acceptors (Lipinski definition) is 4. The molecule has 1 aromatic carbocycles. The second-order valence-corrected chi connectivity index (χ2v) is 4.16. The van der Waals surface area contributed by atoms with E-state index in [0.29, 0.717) is 19.8 Å². The maximum absolute atomic E-state index is 13.3. The van der Waals surface area contributed by atoms with Crippen LogP contribution in [0.5, 0.6) is 0 Å². The molecule has 0 unspecified atom stereocenters. The van der Waals surface area contributed by atoms with Crippen molar-refractivity contribution in [1.82, 2.24) is 4.90 Å². The van der Waals surface area contributed by atoms with E-state index in [2.05, 4.69) is 0 Å². The first-order valence-electron chi connectivity index (χ1n) is 5.95. The lowest BCUT2D eigenvalue weighted by molar-refractivity contribution is 0.120. The third kappa shape index (κ3) is 4.74. The number of rotatable bonds is 7. The fraction of sp³-hybridized carbons (Fsp3) is 0.500. The number of hydrogen-bond donors (Lipinski definition) is 2. The molecule has 0 aromatic heterocycles. The third-order valence-corrected chi connectivity index (χ3v) is 2.61. The van der Waals surface area contributed by atoms with E-state index >= 15 is 0 Å². The van der Waals surface area contributed by atoms with Crippen LogP contribution in [0.25, 0.3) is 0 Å². The quantitative estimate of drug-likeness (QED) is 0.531. The van der Waals surface area contributed by atoms with Gasteiger partial charge in [0.15, 0.2) is 0 Å². The molecule has 0 heterocycles. The summed E-state index contributed by atoms with van der Waals surface area (Å²) in [6.45, 7) is 4.64. The van der Waals surface area contributed by atoms with Crippen molar-refractivity contribution in [3.05, 3.63) is 29.6 Å². The molecule has 0 amide bonds. The molecule has 0 bridgehead atoms. The van der Waals surface area contributed by atoms with E-state index in [-0.39, 0.29) is 5.46 Å². The molecule has 0 aliphatic carbocycles. The molecular weight excluding hydrogens is 236 g/mol. The van der Waals surface area contributed by atoms with Crippen molar-refractivity contribution in [3.63, 3.8) is 0 Å². The summed E-state index contributed by atoms with van der Waals surface area (Å²) in [5.41, 5.74) is 0.740. The average Bonchev–Trinajstić information content (AvgIpc) is 2.31. The number of likely N-dealkylation sites (N-methyl/N-ethyl adjacent to an activating group) is 1. The molecule has 2 N–H and O–H groups in total. The Kier molecular flexibility index (Phi) is 6.28. The number of ether oxygens (including phenoxy) is 1. The van der Waals surface area contributed by atoms with Crippen LogP contribution in [-0.2, 0) is 11.3 Å². The lowest BCUT2D eigenvalue weighted by Gasteiger charge is -2.17. The van der Waals surface area contributed by atoms with Crippen molar-refractivity contribution < 1.29 is 19.2 Å². The molecule has 0 radical (unpaired) electrons. The zero-order chi connectivity index (χ0) is 13.5.